The first-order valence-electron chi connectivity index (χ1n) is 6.65. The van der Waals surface area contributed by atoms with Gasteiger partial charge in [-0.25, -0.2) is 4.79 Å². The number of nitriles is 1. The summed E-state index contributed by atoms with van der Waals surface area (Å²) in [5.74, 6) is 0. The molecule has 1 aromatic carbocycles. The van der Waals surface area contributed by atoms with Crippen LogP contribution in [0, 0.1) is 11.3 Å². The number of unbranched alkanes of at least 4 members (excludes halogenated alkanes) is 2. The summed E-state index contributed by atoms with van der Waals surface area (Å²) in [4.78, 5) is 13.4. The Morgan fingerprint density at radius 3 is 2.89 bits per heavy atom. The normalized spacial score (nSPS) is 9.74. The van der Waals surface area contributed by atoms with E-state index in [4.69, 9.17) is 5.26 Å². The second-order valence-corrected chi connectivity index (χ2v) is 4.61. The highest BCUT2D eigenvalue weighted by Gasteiger charge is 2.08. The molecule has 0 aliphatic carbocycles. The van der Waals surface area contributed by atoms with Crippen LogP contribution >= 0.6 is 0 Å². The van der Waals surface area contributed by atoms with Gasteiger partial charge in [-0.2, -0.15) is 5.26 Å². The Bertz CT molecular complexity index is 451. The molecule has 0 bridgehead atoms. The van der Waals surface area contributed by atoms with Crippen molar-refractivity contribution < 1.29 is 4.79 Å². The van der Waals surface area contributed by atoms with E-state index in [0.717, 1.165) is 31.4 Å². The SMILES string of the molecule is CCCCCNC(=O)N(C)Cc1cccc(C#N)c1. The average Bonchev–Trinajstić information content (AvgIpc) is 2.43. The molecule has 0 unspecified atom stereocenters. The van der Waals surface area contributed by atoms with Gasteiger partial charge in [0, 0.05) is 20.1 Å². The molecule has 1 N–H and O–H groups in total. The Morgan fingerprint density at radius 1 is 1.42 bits per heavy atom. The number of nitrogens with zero attached hydrogens (tertiary/aromatic N) is 2. The number of hydrogen-bond donors (Lipinski definition) is 1. The zero-order chi connectivity index (χ0) is 14.1. The molecule has 0 heterocycles. The van der Waals surface area contributed by atoms with E-state index in [9.17, 15) is 4.79 Å². The summed E-state index contributed by atoms with van der Waals surface area (Å²) < 4.78 is 0. The van der Waals surface area contributed by atoms with Gasteiger partial charge < -0.3 is 10.2 Å². The van der Waals surface area contributed by atoms with Gasteiger partial charge in [-0.15, -0.1) is 0 Å². The Kier molecular flexibility index (Phi) is 6.45. The average molecular weight is 259 g/mol. The lowest BCUT2D eigenvalue weighted by molar-refractivity contribution is 0.206. The third-order valence-electron chi connectivity index (χ3n) is 2.88. The van der Waals surface area contributed by atoms with Crippen LogP contribution in [0.25, 0.3) is 0 Å². The van der Waals surface area contributed by atoms with Crippen molar-refractivity contribution in [2.45, 2.75) is 32.7 Å². The largest absolute Gasteiger partial charge is 0.338 e. The van der Waals surface area contributed by atoms with Crippen molar-refractivity contribution in [2.75, 3.05) is 13.6 Å². The summed E-state index contributed by atoms with van der Waals surface area (Å²) in [6, 6.07) is 9.35. The summed E-state index contributed by atoms with van der Waals surface area (Å²) in [6.45, 7) is 3.36. The molecule has 2 amide bonds. The van der Waals surface area contributed by atoms with Crippen LogP contribution in [-0.4, -0.2) is 24.5 Å². The minimum absolute atomic E-state index is 0.0709. The van der Waals surface area contributed by atoms with Gasteiger partial charge >= 0.3 is 6.03 Å². The number of amides is 2. The fourth-order valence-corrected chi connectivity index (χ4v) is 1.79. The maximum absolute atomic E-state index is 11.8. The van der Waals surface area contributed by atoms with Crippen LogP contribution in [0.3, 0.4) is 0 Å². The number of nitrogens with one attached hydrogen (secondary N) is 1. The van der Waals surface area contributed by atoms with E-state index in [1.165, 1.54) is 0 Å². The van der Waals surface area contributed by atoms with Crippen molar-refractivity contribution in [1.29, 1.82) is 5.26 Å². The molecule has 0 fully saturated rings. The van der Waals surface area contributed by atoms with E-state index in [-0.39, 0.29) is 6.03 Å². The molecule has 4 heteroatoms. The second kappa shape index (κ2) is 8.15. The fraction of sp³-hybridized carbons (Fsp3) is 0.467. The van der Waals surface area contributed by atoms with Crippen molar-refractivity contribution in [3.8, 4) is 6.07 Å². The molecule has 0 saturated heterocycles. The maximum Gasteiger partial charge on any atom is 0.317 e. The topological polar surface area (TPSA) is 56.1 Å². The van der Waals surface area contributed by atoms with Gasteiger partial charge in [-0.05, 0) is 24.1 Å². The van der Waals surface area contributed by atoms with E-state index in [1.807, 2.05) is 12.1 Å². The Balaban J connectivity index is 2.43. The number of carbonyl (C=O) groups excluding carboxylic acids is 1. The molecule has 0 aromatic heterocycles. The van der Waals surface area contributed by atoms with Crippen molar-refractivity contribution in [3.05, 3.63) is 35.4 Å². The predicted molar refractivity (Wildman–Crippen MR) is 75.5 cm³/mol. The van der Waals surface area contributed by atoms with Gasteiger partial charge in [-0.1, -0.05) is 31.9 Å². The third-order valence-corrected chi connectivity index (χ3v) is 2.88. The molecule has 19 heavy (non-hydrogen) atoms. The minimum atomic E-state index is -0.0709. The Morgan fingerprint density at radius 2 is 2.21 bits per heavy atom. The van der Waals surface area contributed by atoms with Crippen LogP contribution in [0.2, 0.25) is 0 Å². The van der Waals surface area contributed by atoms with Gasteiger partial charge in [0.05, 0.1) is 11.6 Å². The van der Waals surface area contributed by atoms with Crippen LogP contribution < -0.4 is 5.32 Å². The standard InChI is InChI=1S/C15H21N3O/c1-3-4-5-9-17-15(19)18(2)12-14-8-6-7-13(10-14)11-16/h6-8,10H,3-5,9,12H2,1-2H3,(H,17,19). The number of hydrogen-bond acceptors (Lipinski definition) is 2. The highest BCUT2D eigenvalue weighted by Crippen LogP contribution is 2.06. The number of benzene rings is 1. The molecule has 4 nitrogen and oxygen atoms in total. The first-order valence-corrected chi connectivity index (χ1v) is 6.65. The molecular weight excluding hydrogens is 238 g/mol. The lowest BCUT2D eigenvalue weighted by Gasteiger charge is -2.18. The number of urea groups is 1. The molecule has 0 saturated carbocycles. The van der Waals surface area contributed by atoms with Crippen molar-refractivity contribution in [2.24, 2.45) is 0 Å². The van der Waals surface area contributed by atoms with Crippen LogP contribution in [0.4, 0.5) is 4.79 Å². The second-order valence-electron chi connectivity index (χ2n) is 4.61. The number of rotatable bonds is 6. The predicted octanol–water partition coefficient (Wildman–Crippen LogP) is 2.89. The third kappa shape index (κ3) is 5.43. The van der Waals surface area contributed by atoms with E-state index in [2.05, 4.69) is 18.3 Å². The Hall–Kier alpha value is -2.02. The quantitative estimate of drug-likeness (QED) is 0.799. The van der Waals surface area contributed by atoms with Gasteiger partial charge in [0.2, 0.25) is 0 Å². The molecule has 0 aliphatic heterocycles. The highest BCUT2D eigenvalue weighted by atomic mass is 16.2. The summed E-state index contributed by atoms with van der Waals surface area (Å²) >= 11 is 0. The monoisotopic (exact) mass is 259 g/mol. The molecule has 0 spiro atoms. The smallest absolute Gasteiger partial charge is 0.317 e. The zero-order valence-electron chi connectivity index (χ0n) is 11.6. The molecule has 1 aromatic rings. The van der Waals surface area contributed by atoms with Gasteiger partial charge in [0.1, 0.15) is 0 Å². The molecule has 102 valence electrons. The Labute approximate surface area is 115 Å². The first kappa shape index (κ1) is 15.0. The fourth-order valence-electron chi connectivity index (χ4n) is 1.79. The summed E-state index contributed by atoms with van der Waals surface area (Å²) in [5, 5.41) is 11.7. The van der Waals surface area contributed by atoms with Crippen molar-refractivity contribution >= 4 is 6.03 Å². The van der Waals surface area contributed by atoms with E-state index < -0.39 is 0 Å². The van der Waals surface area contributed by atoms with Gasteiger partial charge in [-0.3, -0.25) is 0 Å². The van der Waals surface area contributed by atoms with Crippen molar-refractivity contribution in [3.63, 3.8) is 0 Å². The number of carbonyl (C=O) groups is 1. The molecule has 0 radical (unpaired) electrons. The maximum atomic E-state index is 11.8. The van der Waals surface area contributed by atoms with Crippen LogP contribution in [-0.2, 0) is 6.54 Å². The zero-order valence-corrected chi connectivity index (χ0v) is 11.6. The molecule has 0 aliphatic rings. The van der Waals surface area contributed by atoms with Crippen LogP contribution in [0.5, 0.6) is 0 Å². The van der Waals surface area contributed by atoms with E-state index in [1.54, 1.807) is 24.1 Å². The molecular formula is C15H21N3O. The summed E-state index contributed by atoms with van der Waals surface area (Å²) in [5.41, 5.74) is 1.58. The van der Waals surface area contributed by atoms with Crippen molar-refractivity contribution in [1.82, 2.24) is 10.2 Å². The lowest BCUT2D eigenvalue weighted by Crippen LogP contribution is -2.37. The lowest BCUT2D eigenvalue weighted by atomic mass is 10.1. The van der Waals surface area contributed by atoms with E-state index >= 15 is 0 Å². The minimum Gasteiger partial charge on any atom is -0.338 e. The van der Waals surface area contributed by atoms with Gasteiger partial charge in [0.15, 0.2) is 0 Å². The van der Waals surface area contributed by atoms with Gasteiger partial charge in [0.25, 0.3) is 0 Å². The highest BCUT2D eigenvalue weighted by molar-refractivity contribution is 5.73. The summed E-state index contributed by atoms with van der Waals surface area (Å²) in [6.07, 6.45) is 3.29. The van der Waals surface area contributed by atoms with Crippen LogP contribution in [0.15, 0.2) is 24.3 Å². The molecule has 0 atom stereocenters. The summed E-state index contributed by atoms with van der Waals surface area (Å²) in [7, 11) is 1.76. The molecule has 1 rings (SSSR count). The first-order chi connectivity index (χ1) is 9.17. The van der Waals surface area contributed by atoms with E-state index in [0.29, 0.717) is 12.1 Å². The van der Waals surface area contributed by atoms with Crippen LogP contribution in [0.1, 0.15) is 37.3 Å².